The Hall–Kier alpha value is -1.30. The van der Waals surface area contributed by atoms with E-state index in [2.05, 4.69) is 53.7 Å². The topological polar surface area (TPSA) is 76.1 Å². The van der Waals surface area contributed by atoms with Crippen molar-refractivity contribution < 1.29 is 24.5 Å². The summed E-state index contributed by atoms with van der Waals surface area (Å²) in [6.07, 6.45) is 10.9. The van der Waals surface area contributed by atoms with Gasteiger partial charge in [0.15, 0.2) is 11.6 Å². The molecule has 182 valence electrons. The van der Waals surface area contributed by atoms with Crippen LogP contribution in [0.15, 0.2) is 23.8 Å². The van der Waals surface area contributed by atoms with Crippen LogP contribution in [-0.4, -0.2) is 33.6 Å². The summed E-state index contributed by atoms with van der Waals surface area (Å²) < 4.78 is 6.75. The minimum Gasteiger partial charge on any atom is -0.358 e. The smallest absolute Gasteiger partial charge is 0.162 e. The van der Waals surface area contributed by atoms with Crippen LogP contribution in [-0.2, 0) is 19.2 Å². The maximum atomic E-state index is 13.4. The van der Waals surface area contributed by atoms with Crippen LogP contribution in [0, 0.1) is 34.5 Å². The van der Waals surface area contributed by atoms with Crippen molar-refractivity contribution in [2.45, 2.75) is 103 Å². The van der Waals surface area contributed by atoms with E-state index in [1.54, 1.807) is 6.08 Å². The molecule has 0 spiro atoms. The lowest BCUT2D eigenvalue weighted by Crippen LogP contribution is -2.68. The van der Waals surface area contributed by atoms with Crippen molar-refractivity contribution in [3.05, 3.63) is 23.8 Å². The summed E-state index contributed by atoms with van der Waals surface area (Å²) in [5.41, 5.74) is -2.41. The first-order valence-electron chi connectivity index (χ1n) is 12.9. The maximum absolute atomic E-state index is 13.4. The number of rotatable bonds is 5. The molecule has 4 fully saturated rings. The van der Waals surface area contributed by atoms with Crippen LogP contribution < -0.4 is 0 Å². The summed E-state index contributed by atoms with van der Waals surface area (Å²) in [6, 6.07) is 0. The second-order valence-corrected chi connectivity index (χ2v) is 12.5. The molecule has 0 amide bonds. The first-order valence-corrected chi connectivity index (χ1v) is 12.9. The zero-order valence-electron chi connectivity index (χ0n) is 21.1. The van der Waals surface area contributed by atoms with Gasteiger partial charge in [-0.05, 0) is 61.9 Å². The van der Waals surface area contributed by atoms with Crippen molar-refractivity contribution in [2.75, 3.05) is 0 Å². The normalized spacial score (nSPS) is 48.1. The van der Waals surface area contributed by atoms with E-state index >= 15 is 0 Å². The number of carbonyl (C=O) groups excluding carboxylic acids is 2. The second-order valence-electron chi connectivity index (χ2n) is 12.5. The van der Waals surface area contributed by atoms with Gasteiger partial charge in [-0.3, -0.25) is 14.8 Å². The molecule has 0 bridgehead atoms. The highest BCUT2D eigenvalue weighted by molar-refractivity contribution is 6.07. The Morgan fingerprint density at radius 3 is 2.45 bits per heavy atom. The average Bonchev–Trinajstić information content (AvgIpc) is 3.36. The van der Waals surface area contributed by atoms with Crippen LogP contribution in [0.2, 0.25) is 0 Å². The number of Topliss-reactive ketones (excluding diaryl/α,β-unsaturated/α-hetero) is 1. The van der Waals surface area contributed by atoms with E-state index in [-0.39, 0.29) is 23.4 Å². The van der Waals surface area contributed by atoms with Crippen molar-refractivity contribution in [2.24, 2.45) is 34.5 Å². The molecule has 0 aromatic carbocycles. The highest BCUT2D eigenvalue weighted by Crippen LogP contribution is 2.82. The van der Waals surface area contributed by atoms with Crippen molar-refractivity contribution >= 4 is 11.6 Å². The molecule has 0 aromatic heterocycles. The molecule has 1 N–H and O–H groups in total. The van der Waals surface area contributed by atoms with Crippen LogP contribution in [0.1, 0.15) is 86.5 Å². The summed E-state index contributed by atoms with van der Waals surface area (Å²) in [5, 5.41) is 10.6. The summed E-state index contributed by atoms with van der Waals surface area (Å²) in [5.74, 6) is 1.81. The van der Waals surface area contributed by atoms with Crippen molar-refractivity contribution in [1.29, 1.82) is 0 Å². The minimum atomic E-state index is -0.902. The van der Waals surface area contributed by atoms with E-state index in [1.807, 2.05) is 0 Å². The molecule has 4 aliphatic carbocycles. The molecule has 5 aliphatic rings. The van der Waals surface area contributed by atoms with E-state index < -0.39 is 22.2 Å². The van der Waals surface area contributed by atoms with Gasteiger partial charge in [-0.1, -0.05) is 53.7 Å². The first kappa shape index (κ1) is 23.4. The predicted octanol–water partition coefficient (Wildman–Crippen LogP) is 5.69. The summed E-state index contributed by atoms with van der Waals surface area (Å²) in [7, 11) is 0. The molecule has 3 saturated carbocycles. The third-order valence-corrected chi connectivity index (χ3v) is 11.1. The van der Waals surface area contributed by atoms with Gasteiger partial charge >= 0.3 is 0 Å². The highest BCUT2D eigenvalue weighted by Gasteiger charge is 2.92. The fourth-order valence-corrected chi connectivity index (χ4v) is 8.64. The molecular formula is C28H40O5. The summed E-state index contributed by atoms with van der Waals surface area (Å²) in [4.78, 5) is 31.2. The number of allylic oxidation sites excluding steroid dienone is 2. The molecular weight excluding hydrogens is 416 g/mol. The molecule has 33 heavy (non-hydrogen) atoms. The van der Waals surface area contributed by atoms with Crippen LogP contribution in [0.4, 0.5) is 0 Å². The quantitative estimate of drug-likeness (QED) is 0.249. The SMILES string of the molecule is CC(C)[C@@H](C)/C=C/[C@@H](C)[C@H]1CC[C@@]2(OO)[C@@]34CC(=O)C5=CC(=O)CC[C@]5(C)[C@]3(CC[C@]12C)O4. The number of epoxide rings is 1. The first-order chi connectivity index (χ1) is 15.4. The summed E-state index contributed by atoms with van der Waals surface area (Å²) >= 11 is 0. The van der Waals surface area contributed by atoms with Gasteiger partial charge < -0.3 is 4.74 Å². The molecule has 0 radical (unpaired) electrons. The third kappa shape index (κ3) is 2.60. The third-order valence-electron chi connectivity index (χ3n) is 11.1. The largest absolute Gasteiger partial charge is 0.358 e. The number of carbonyl (C=O) groups is 2. The van der Waals surface area contributed by atoms with Gasteiger partial charge in [0.05, 0.1) is 0 Å². The van der Waals surface area contributed by atoms with Gasteiger partial charge in [0, 0.05) is 29.2 Å². The second kappa shape index (κ2) is 7.11. The van der Waals surface area contributed by atoms with Gasteiger partial charge in [-0.15, -0.1) is 0 Å². The van der Waals surface area contributed by atoms with Gasteiger partial charge in [0.2, 0.25) is 0 Å². The Bertz CT molecular complexity index is 950. The van der Waals surface area contributed by atoms with E-state index in [0.717, 1.165) is 19.3 Å². The Morgan fingerprint density at radius 2 is 1.79 bits per heavy atom. The Balaban J connectivity index is 1.53. The van der Waals surface area contributed by atoms with Crippen LogP contribution in [0.5, 0.6) is 0 Å². The van der Waals surface area contributed by atoms with Crippen molar-refractivity contribution in [3.63, 3.8) is 0 Å². The molecule has 5 rings (SSSR count). The standard InChI is InChI=1S/C28H40O5/c1-17(2)18(3)7-8-19(4)21-10-12-27(33-31)25(21,6)13-14-26-24(5)11-9-20(29)15-22(24)23(30)16-28(26,27)32-26/h7-8,15,17-19,21,31H,9-14,16H2,1-6H3/b8-7+/t18-,19+,21+,24-,25+,26-,27-,28+/m0/s1. The molecule has 5 heteroatoms. The highest BCUT2D eigenvalue weighted by atomic mass is 17.1. The molecule has 1 heterocycles. The number of hydrogen-bond acceptors (Lipinski definition) is 5. The zero-order chi connectivity index (χ0) is 24.0. The van der Waals surface area contributed by atoms with E-state index in [9.17, 15) is 14.8 Å². The lowest BCUT2D eigenvalue weighted by Gasteiger charge is -2.57. The minimum absolute atomic E-state index is 0.0125. The van der Waals surface area contributed by atoms with E-state index in [0.29, 0.717) is 48.5 Å². The molecule has 8 atom stereocenters. The van der Waals surface area contributed by atoms with Gasteiger partial charge in [-0.2, -0.15) is 0 Å². The fourth-order valence-electron chi connectivity index (χ4n) is 8.64. The Labute approximate surface area is 197 Å². The monoisotopic (exact) mass is 456 g/mol. The molecule has 5 nitrogen and oxygen atoms in total. The average molecular weight is 457 g/mol. The van der Waals surface area contributed by atoms with Gasteiger partial charge in [0.1, 0.15) is 16.8 Å². The number of ketones is 2. The van der Waals surface area contributed by atoms with Crippen LogP contribution in [0.3, 0.4) is 0 Å². The van der Waals surface area contributed by atoms with Crippen LogP contribution >= 0.6 is 0 Å². The number of ether oxygens (including phenoxy) is 1. The van der Waals surface area contributed by atoms with Crippen molar-refractivity contribution in [1.82, 2.24) is 0 Å². The lowest BCUT2D eigenvalue weighted by atomic mass is 9.44. The zero-order valence-corrected chi connectivity index (χ0v) is 21.1. The lowest BCUT2D eigenvalue weighted by molar-refractivity contribution is -0.372. The molecule has 0 aromatic rings. The Morgan fingerprint density at radius 1 is 1.06 bits per heavy atom. The molecule has 1 saturated heterocycles. The van der Waals surface area contributed by atoms with Crippen molar-refractivity contribution in [3.8, 4) is 0 Å². The molecule has 0 unspecified atom stereocenters. The van der Waals surface area contributed by atoms with E-state index in [1.165, 1.54) is 0 Å². The predicted molar refractivity (Wildman–Crippen MR) is 125 cm³/mol. The maximum Gasteiger partial charge on any atom is 0.162 e. The van der Waals surface area contributed by atoms with Crippen LogP contribution in [0.25, 0.3) is 0 Å². The number of hydrogen-bond donors (Lipinski definition) is 1. The van der Waals surface area contributed by atoms with E-state index in [4.69, 9.17) is 9.62 Å². The number of fused-ring (bicyclic) bond motifs is 2. The molecule has 1 aliphatic heterocycles. The van der Waals surface area contributed by atoms with Gasteiger partial charge in [0.25, 0.3) is 0 Å². The summed E-state index contributed by atoms with van der Waals surface area (Å²) in [6.45, 7) is 13.4. The fraction of sp³-hybridized carbons (Fsp3) is 0.786. The Kier molecular flexibility index (Phi) is 5.05. The van der Waals surface area contributed by atoms with Gasteiger partial charge in [-0.25, -0.2) is 4.89 Å².